The van der Waals surface area contributed by atoms with Crippen molar-refractivity contribution in [2.24, 2.45) is 0 Å². The molecule has 0 aromatic heterocycles. The predicted molar refractivity (Wildman–Crippen MR) is 25.0 cm³/mol. The third-order valence-corrected chi connectivity index (χ3v) is 0.299. The molecular weight excluding hydrogens is 92.8 g/mol. The zero-order valence-electron chi connectivity index (χ0n) is 3.89. The molecule has 0 atom stereocenters. The fraction of sp³-hybridized carbons (Fsp3) is 0.333. The van der Waals surface area contributed by atoms with Crippen LogP contribution in [0.25, 0.3) is 0 Å². The van der Waals surface area contributed by atoms with Crippen LogP contribution in [0.1, 0.15) is 6.92 Å². The Morgan fingerprint density at radius 2 is 2.00 bits per heavy atom. The van der Waals surface area contributed by atoms with Crippen molar-refractivity contribution in [1.82, 2.24) is 5.32 Å². The van der Waals surface area contributed by atoms with Gasteiger partial charge >= 0.3 is 0 Å². The summed E-state index contributed by atoms with van der Waals surface area (Å²) in [5, 5.41) is 1.81. The van der Waals surface area contributed by atoms with Gasteiger partial charge in [0.05, 0.1) is 0 Å². The van der Waals surface area contributed by atoms with E-state index in [1.54, 1.807) is 5.32 Å². The zero-order valence-corrected chi connectivity index (χ0v) is 3.89. The van der Waals surface area contributed by atoms with Crippen molar-refractivity contribution in [1.29, 1.82) is 0 Å². The molecule has 36 valence electrons. The Balaban J connectivity index is 3.32. The maximum atomic E-state index is 9.84. The third-order valence-electron chi connectivity index (χ3n) is 0.299. The Hall–Kier alpha value is -0.795. The van der Waals surface area contributed by atoms with Crippen molar-refractivity contribution in [3.05, 3.63) is 0 Å². The molecular formula is C3H4BNO2. The monoisotopic (exact) mass is 97.0 g/mol. The van der Waals surface area contributed by atoms with Crippen LogP contribution in [0.4, 0.5) is 4.79 Å². The fourth-order valence-electron chi connectivity index (χ4n) is 0.173. The quantitative estimate of drug-likeness (QED) is 0.410. The van der Waals surface area contributed by atoms with Crippen molar-refractivity contribution in [3.8, 4) is 0 Å². The molecule has 2 radical (unpaired) electrons. The maximum absolute atomic E-state index is 9.84. The smallest absolute Gasteiger partial charge is 0.222 e. The first-order valence-corrected chi connectivity index (χ1v) is 1.70. The Kier molecular flexibility index (Phi) is 2.12. The van der Waals surface area contributed by atoms with Crippen LogP contribution in [0.5, 0.6) is 0 Å². The molecule has 0 saturated carbocycles. The molecule has 2 amide bonds. The van der Waals surface area contributed by atoms with Gasteiger partial charge in [0.25, 0.3) is 0 Å². The highest BCUT2D eigenvalue weighted by molar-refractivity contribution is 6.58. The second kappa shape index (κ2) is 2.39. The number of rotatable bonds is 0. The molecule has 0 aromatic rings. The summed E-state index contributed by atoms with van der Waals surface area (Å²) in [6.07, 6.45) is 0. The predicted octanol–water partition coefficient (Wildman–Crippen LogP) is -0.589. The van der Waals surface area contributed by atoms with Crippen LogP contribution >= 0.6 is 0 Å². The summed E-state index contributed by atoms with van der Waals surface area (Å²) < 4.78 is 0. The number of hydrogen-bond donors (Lipinski definition) is 1. The van der Waals surface area contributed by atoms with Crippen LogP contribution in [-0.4, -0.2) is 19.6 Å². The van der Waals surface area contributed by atoms with Gasteiger partial charge in [0.1, 0.15) is 0 Å². The normalized spacial score (nSPS) is 7.57. The largest absolute Gasteiger partial charge is 0.307 e. The van der Waals surface area contributed by atoms with E-state index in [0.29, 0.717) is 0 Å². The van der Waals surface area contributed by atoms with Crippen LogP contribution in [0.3, 0.4) is 0 Å². The molecule has 0 aliphatic carbocycles. The highest BCUT2D eigenvalue weighted by atomic mass is 16.2. The number of nitrogens with one attached hydrogen (secondary N) is 1. The van der Waals surface area contributed by atoms with Crippen molar-refractivity contribution >= 4 is 19.6 Å². The van der Waals surface area contributed by atoms with Crippen molar-refractivity contribution in [2.75, 3.05) is 0 Å². The van der Waals surface area contributed by atoms with Gasteiger partial charge in [-0.15, -0.1) is 0 Å². The second-order valence-corrected chi connectivity index (χ2v) is 1.05. The SMILES string of the molecule is [B]C(=O)NC(C)=O. The molecule has 0 rings (SSSR count). The highest BCUT2D eigenvalue weighted by Gasteiger charge is 1.90. The van der Waals surface area contributed by atoms with Gasteiger partial charge in [-0.25, -0.2) is 0 Å². The van der Waals surface area contributed by atoms with Crippen LogP contribution in [0.2, 0.25) is 0 Å². The standard InChI is InChI=1S/C3H4BNO2/c1-2(6)5-3(4)7/h1H3,(H,5,6,7). The van der Waals surface area contributed by atoms with Gasteiger partial charge < -0.3 is 5.32 Å². The minimum atomic E-state index is -0.813. The fourth-order valence-corrected chi connectivity index (χ4v) is 0.173. The number of imide groups is 1. The van der Waals surface area contributed by atoms with E-state index in [1.807, 2.05) is 0 Å². The third kappa shape index (κ3) is 5.20. The molecule has 7 heavy (non-hydrogen) atoms. The molecule has 0 aliphatic heterocycles. The maximum Gasteiger partial charge on any atom is 0.222 e. The van der Waals surface area contributed by atoms with E-state index >= 15 is 0 Å². The van der Waals surface area contributed by atoms with Gasteiger partial charge in [-0.2, -0.15) is 0 Å². The number of amides is 2. The van der Waals surface area contributed by atoms with Gasteiger partial charge in [0.15, 0.2) is 5.81 Å². The summed E-state index contributed by atoms with van der Waals surface area (Å²) in [6, 6.07) is 0. The molecule has 3 nitrogen and oxygen atoms in total. The van der Waals surface area contributed by atoms with E-state index in [-0.39, 0.29) is 0 Å². The molecule has 4 heteroatoms. The second-order valence-electron chi connectivity index (χ2n) is 1.05. The first-order valence-electron chi connectivity index (χ1n) is 1.70. The number of hydrogen-bond acceptors (Lipinski definition) is 2. The molecule has 0 spiro atoms. The molecule has 0 heterocycles. The van der Waals surface area contributed by atoms with Crippen LogP contribution in [0, 0.1) is 0 Å². The summed E-state index contributed by atoms with van der Waals surface area (Å²) in [4.78, 5) is 19.5. The van der Waals surface area contributed by atoms with Crippen LogP contribution < -0.4 is 5.32 Å². The Labute approximate surface area is 42.5 Å². The number of carbonyl (C=O) groups excluding carboxylic acids is 2. The Morgan fingerprint density at radius 3 is 2.00 bits per heavy atom. The van der Waals surface area contributed by atoms with Crippen molar-refractivity contribution in [3.63, 3.8) is 0 Å². The van der Waals surface area contributed by atoms with Crippen molar-refractivity contribution < 1.29 is 9.59 Å². The lowest BCUT2D eigenvalue weighted by atomic mass is 10.1. The zero-order chi connectivity index (χ0) is 5.86. The summed E-state index contributed by atoms with van der Waals surface area (Å²) in [5.41, 5.74) is 0. The lowest BCUT2D eigenvalue weighted by molar-refractivity contribution is -0.117. The van der Waals surface area contributed by atoms with Gasteiger partial charge in [-0.1, -0.05) is 0 Å². The van der Waals surface area contributed by atoms with E-state index < -0.39 is 11.7 Å². The summed E-state index contributed by atoms with van der Waals surface area (Å²) in [5.74, 6) is -1.25. The van der Waals surface area contributed by atoms with Gasteiger partial charge in [-0.3, -0.25) is 9.59 Å². The van der Waals surface area contributed by atoms with E-state index in [9.17, 15) is 9.59 Å². The summed E-state index contributed by atoms with van der Waals surface area (Å²) in [7, 11) is 4.52. The average Bonchev–Trinajstić information content (AvgIpc) is 1.27. The molecule has 0 bridgehead atoms. The molecule has 0 saturated heterocycles. The van der Waals surface area contributed by atoms with Gasteiger partial charge in [0.2, 0.25) is 13.8 Å². The first-order chi connectivity index (χ1) is 3.13. The first kappa shape index (κ1) is 6.20. The van der Waals surface area contributed by atoms with E-state index in [0.717, 1.165) is 0 Å². The minimum Gasteiger partial charge on any atom is -0.307 e. The number of carbonyl (C=O) groups is 2. The summed E-state index contributed by atoms with van der Waals surface area (Å²) in [6.45, 7) is 1.21. The molecule has 0 fully saturated rings. The molecule has 1 N–H and O–H groups in total. The van der Waals surface area contributed by atoms with Gasteiger partial charge in [0, 0.05) is 6.92 Å². The molecule has 0 aromatic carbocycles. The van der Waals surface area contributed by atoms with Gasteiger partial charge in [-0.05, 0) is 0 Å². The van der Waals surface area contributed by atoms with E-state index in [2.05, 4.69) is 7.85 Å². The lowest BCUT2D eigenvalue weighted by Gasteiger charge is -1.89. The highest BCUT2D eigenvalue weighted by Crippen LogP contribution is 1.58. The molecule has 0 unspecified atom stereocenters. The average molecular weight is 96.9 g/mol. The minimum absolute atomic E-state index is 0.437. The van der Waals surface area contributed by atoms with E-state index in [1.165, 1.54) is 6.92 Å². The van der Waals surface area contributed by atoms with E-state index in [4.69, 9.17) is 0 Å². The van der Waals surface area contributed by atoms with Crippen LogP contribution in [0.15, 0.2) is 0 Å². The Morgan fingerprint density at radius 1 is 1.57 bits per heavy atom. The topological polar surface area (TPSA) is 46.2 Å². The summed E-state index contributed by atoms with van der Waals surface area (Å²) >= 11 is 0. The molecule has 0 aliphatic rings. The Bertz CT molecular complexity index is 89.1. The van der Waals surface area contributed by atoms with Crippen molar-refractivity contribution in [2.45, 2.75) is 6.92 Å². The lowest BCUT2D eigenvalue weighted by Crippen LogP contribution is -2.26. The van der Waals surface area contributed by atoms with Crippen LogP contribution in [-0.2, 0) is 4.79 Å².